The Bertz CT molecular complexity index is 592. The maximum absolute atomic E-state index is 5.70. The van der Waals surface area contributed by atoms with Crippen LogP contribution in [0.4, 0.5) is 5.82 Å². The third-order valence-corrected chi connectivity index (χ3v) is 6.33. The highest BCUT2D eigenvalue weighted by molar-refractivity contribution is 5.48. The number of nitrogens with zero attached hydrogens (tertiary/aromatic N) is 3. The number of likely N-dealkylation sites (tertiary alicyclic amines) is 1. The number of rotatable bonds is 4. The van der Waals surface area contributed by atoms with Crippen LogP contribution in [0.25, 0.3) is 0 Å². The molecule has 0 spiro atoms. The van der Waals surface area contributed by atoms with Crippen LogP contribution in [-0.4, -0.2) is 53.3 Å². The van der Waals surface area contributed by atoms with E-state index in [4.69, 9.17) is 14.7 Å². The third kappa shape index (κ3) is 3.68. The van der Waals surface area contributed by atoms with Gasteiger partial charge < -0.3 is 10.1 Å². The third-order valence-electron chi connectivity index (χ3n) is 6.33. The van der Waals surface area contributed by atoms with Gasteiger partial charge in [-0.1, -0.05) is 6.42 Å². The number of hydrogen-bond donors (Lipinski definition) is 1. The minimum atomic E-state index is 0.235. The molecule has 0 atom stereocenters. The van der Waals surface area contributed by atoms with Crippen molar-refractivity contribution in [2.75, 3.05) is 38.2 Å². The molecule has 0 saturated carbocycles. The molecule has 0 bridgehead atoms. The van der Waals surface area contributed by atoms with Gasteiger partial charge in [0.05, 0.1) is 0 Å². The van der Waals surface area contributed by atoms with Crippen LogP contribution in [0.5, 0.6) is 0 Å². The van der Waals surface area contributed by atoms with E-state index >= 15 is 0 Å². The Morgan fingerprint density at radius 1 is 1.00 bits per heavy atom. The highest BCUT2D eigenvalue weighted by atomic mass is 16.5. The van der Waals surface area contributed by atoms with E-state index in [0.29, 0.717) is 0 Å². The van der Waals surface area contributed by atoms with Crippen LogP contribution in [0, 0.1) is 6.92 Å². The van der Waals surface area contributed by atoms with E-state index in [-0.39, 0.29) is 5.54 Å². The van der Waals surface area contributed by atoms with Crippen molar-refractivity contribution in [3.05, 3.63) is 17.1 Å². The quantitative estimate of drug-likeness (QED) is 0.909. The van der Waals surface area contributed by atoms with E-state index in [0.717, 1.165) is 57.1 Å². The monoisotopic (exact) mass is 344 g/mol. The summed E-state index contributed by atoms with van der Waals surface area (Å²) in [6.45, 7) is 7.26. The van der Waals surface area contributed by atoms with Crippen molar-refractivity contribution in [2.24, 2.45) is 0 Å². The van der Waals surface area contributed by atoms with Crippen LogP contribution in [0.1, 0.15) is 62.0 Å². The SMILES string of the molecule is Cc1nc2c(c(NCC3(N4CCCCC4)CCOCC3)n1)CCCC2. The first kappa shape index (κ1) is 17.2. The van der Waals surface area contributed by atoms with Crippen molar-refractivity contribution in [1.82, 2.24) is 14.9 Å². The second-order valence-corrected chi connectivity index (χ2v) is 7.99. The number of nitrogens with one attached hydrogen (secondary N) is 1. The van der Waals surface area contributed by atoms with Gasteiger partial charge in [-0.25, -0.2) is 9.97 Å². The van der Waals surface area contributed by atoms with Gasteiger partial charge in [-0.2, -0.15) is 0 Å². The van der Waals surface area contributed by atoms with Crippen molar-refractivity contribution in [3.8, 4) is 0 Å². The Hall–Kier alpha value is -1.20. The lowest BCUT2D eigenvalue weighted by Crippen LogP contribution is -2.57. The maximum atomic E-state index is 5.70. The van der Waals surface area contributed by atoms with Crippen LogP contribution in [0.3, 0.4) is 0 Å². The lowest BCUT2D eigenvalue weighted by Gasteiger charge is -2.48. The average Bonchev–Trinajstić information content (AvgIpc) is 2.67. The number of fused-ring (bicyclic) bond motifs is 1. The second-order valence-electron chi connectivity index (χ2n) is 7.99. The molecule has 0 radical (unpaired) electrons. The zero-order valence-electron chi connectivity index (χ0n) is 15.6. The maximum Gasteiger partial charge on any atom is 0.133 e. The summed E-state index contributed by atoms with van der Waals surface area (Å²) in [5.41, 5.74) is 2.89. The van der Waals surface area contributed by atoms with Gasteiger partial charge in [0.2, 0.25) is 0 Å². The molecule has 4 rings (SSSR count). The van der Waals surface area contributed by atoms with Crippen LogP contribution < -0.4 is 5.32 Å². The molecule has 1 aromatic rings. The minimum absolute atomic E-state index is 0.235. The highest BCUT2D eigenvalue weighted by Gasteiger charge is 2.39. The Morgan fingerprint density at radius 2 is 1.76 bits per heavy atom. The highest BCUT2D eigenvalue weighted by Crippen LogP contribution is 2.32. The molecule has 0 unspecified atom stereocenters. The second kappa shape index (κ2) is 7.58. The standard InChI is InChI=1S/C20H32N4O/c1-16-22-18-8-4-3-7-17(18)19(23-16)21-15-20(9-13-25-14-10-20)24-11-5-2-6-12-24/h2-15H2,1H3,(H,21,22,23). The van der Waals surface area contributed by atoms with E-state index in [1.807, 2.05) is 6.92 Å². The van der Waals surface area contributed by atoms with Crippen LogP contribution >= 0.6 is 0 Å². The Morgan fingerprint density at radius 3 is 2.56 bits per heavy atom. The van der Waals surface area contributed by atoms with Gasteiger partial charge in [-0.05, 0) is 71.4 Å². The zero-order valence-corrected chi connectivity index (χ0v) is 15.6. The van der Waals surface area contributed by atoms with Crippen LogP contribution in [0.2, 0.25) is 0 Å². The molecule has 5 heteroatoms. The number of hydrogen-bond acceptors (Lipinski definition) is 5. The molecule has 1 N–H and O–H groups in total. The lowest BCUT2D eigenvalue weighted by molar-refractivity contribution is -0.0293. The molecule has 0 aromatic carbocycles. The molecule has 3 aliphatic rings. The fourth-order valence-electron chi connectivity index (χ4n) is 4.84. The van der Waals surface area contributed by atoms with Crippen LogP contribution in [-0.2, 0) is 17.6 Å². The van der Waals surface area contributed by atoms with E-state index in [2.05, 4.69) is 10.2 Å². The fraction of sp³-hybridized carbons (Fsp3) is 0.800. The summed E-state index contributed by atoms with van der Waals surface area (Å²) in [6.07, 6.45) is 11.1. The van der Waals surface area contributed by atoms with Crippen LogP contribution in [0.15, 0.2) is 0 Å². The van der Waals surface area contributed by atoms with E-state index in [9.17, 15) is 0 Å². The molecule has 3 heterocycles. The summed E-state index contributed by atoms with van der Waals surface area (Å²) >= 11 is 0. The van der Waals surface area contributed by atoms with Crippen molar-refractivity contribution in [2.45, 2.75) is 70.3 Å². The van der Waals surface area contributed by atoms with E-state index in [1.54, 1.807) is 0 Å². The Labute approximate surface area is 151 Å². The van der Waals surface area contributed by atoms with Crippen molar-refractivity contribution in [1.29, 1.82) is 0 Å². The molecule has 138 valence electrons. The smallest absolute Gasteiger partial charge is 0.133 e. The topological polar surface area (TPSA) is 50.3 Å². The first-order chi connectivity index (χ1) is 12.3. The predicted octanol–water partition coefficient (Wildman–Crippen LogP) is 3.11. The Balaban J connectivity index is 1.54. The predicted molar refractivity (Wildman–Crippen MR) is 100 cm³/mol. The minimum Gasteiger partial charge on any atom is -0.381 e. The van der Waals surface area contributed by atoms with Gasteiger partial charge in [0.25, 0.3) is 0 Å². The fourth-order valence-corrected chi connectivity index (χ4v) is 4.84. The average molecular weight is 345 g/mol. The van der Waals surface area contributed by atoms with Gasteiger partial charge in [0, 0.05) is 36.6 Å². The number of piperidine rings is 1. The van der Waals surface area contributed by atoms with Crippen molar-refractivity contribution >= 4 is 5.82 Å². The van der Waals surface area contributed by atoms with Gasteiger partial charge in [-0.3, -0.25) is 4.90 Å². The van der Waals surface area contributed by atoms with Gasteiger partial charge in [0.15, 0.2) is 0 Å². The molecule has 1 aromatic heterocycles. The molecule has 5 nitrogen and oxygen atoms in total. The summed E-state index contributed by atoms with van der Waals surface area (Å²) in [7, 11) is 0. The zero-order chi connectivity index (χ0) is 17.1. The van der Waals surface area contributed by atoms with E-state index < -0.39 is 0 Å². The first-order valence-electron chi connectivity index (χ1n) is 10.2. The number of aryl methyl sites for hydroxylation is 2. The molecular formula is C20H32N4O. The summed E-state index contributed by atoms with van der Waals surface area (Å²) in [6, 6.07) is 0. The van der Waals surface area contributed by atoms with Crippen molar-refractivity contribution < 1.29 is 4.74 Å². The van der Waals surface area contributed by atoms with Gasteiger partial charge >= 0.3 is 0 Å². The molecule has 2 fully saturated rings. The first-order valence-corrected chi connectivity index (χ1v) is 10.2. The summed E-state index contributed by atoms with van der Waals surface area (Å²) in [5.74, 6) is 2.01. The summed E-state index contributed by atoms with van der Waals surface area (Å²) < 4.78 is 5.70. The molecule has 25 heavy (non-hydrogen) atoms. The van der Waals surface area contributed by atoms with Gasteiger partial charge in [-0.15, -0.1) is 0 Å². The lowest BCUT2D eigenvalue weighted by atomic mass is 9.86. The van der Waals surface area contributed by atoms with Gasteiger partial charge in [0.1, 0.15) is 11.6 Å². The molecular weight excluding hydrogens is 312 g/mol. The molecule has 2 aliphatic heterocycles. The van der Waals surface area contributed by atoms with Crippen molar-refractivity contribution in [3.63, 3.8) is 0 Å². The van der Waals surface area contributed by atoms with E-state index in [1.165, 1.54) is 56.5 Å². The largest absolute Gasteiger partial charge is 0.381 e. The number of ether oxygens (including phenoxy) is 1. The Kier molecular flexibility index (Phi) is 5.23. The molecule has 1 aliphatic carbocycles. The number of aromatic nitrogens is 2. The molecule has 2 saturated heterocycles. The number of anilines is 1. The molecule has 0 amide bonds. The summed E-state index contributed by atoms with van der Waals surface area (Å²) in [5, 5.41) is 3.77. The normalized spacial score (nSPS) is 23.9. The summed E-state index contributed by atoms with van der Waals surface area (Å²) in [4.78, 5) is 12.2.